The van der Waals surface area contributed by atoms with Gasteiger partial charge in [-0.15, -0.1) is 0 Å². The maximum absolute atomic E-state index is 12.4. The Morgan fingerprint density at radius 1 is 0.957 bits per heavy atom. The van der Waals surface area contributed by atoms with Gasteiger partial charge in [-0.1, -0.05) is 12.1 Å². The third kappa shape index (κ3) is 3.63. The number of hydrogen-bond donors (Lipinski definition) is 0. The van der Waals surface area contributed by atoms with E-state index in [2.05, 4.69) is 0 Å². The minimum atomic E-state index is -1.73. The SMILES string of the molecule is CCOC(=O)C(C(=O)OCC)N1C(=O)c2ccccc2C1=O.[Na+]. The molecule has 0 fully saturated rings. The topological polar surface area (TPSA) is 90.0 Å². The number of nitrogens with zero attached hydrogens (tertiary/aromatic N) is 1. The quantitative estimate of drug-likeness (QED) is 0.263. The molecular weight excluding hydrogens is 313 g/mol. The molecule has 0 N–H and O–H groups in total. The first-order chi connectivity index (χ1) is 10.5. The largest absolute Gasteiger partial charge is 1.00 e. The molecule has 116 valence electrons. The van der Waals surface area contributed by atoms with E-state index in [1.807, 2.05) is 0 Å². The van der Waals surface area contributed by atoms with Crippen LogP contribution >= 0.6 is 0 Å². The molecule has 1 aliphatic heterocycles. The molecule has 0 unspecified atom stereocenters. The molecule has 0 aromatic heterocycles. The predicted octanol–water partition coefficient (Wildman–Crippen LogP) is -2.22. The van der Waals surface area contributed by atoms with Crippen molar-refractivity contribution in [3.05, 3.63) is 35.4 Å². The van der Waals surface area contributed by atoms with E-state index in [9.17, 15) is 19.2 Å². The normalized spacial score (nSPS) is 12.7. The number of esters is 2. The first-order valence-corrected chi connectivity index (χ1v) is 6.83. The van der Waals surface area contributed by atoms with E-state index >= 15 is 0 Å². The Balaban J connectivity index is 0.00000264. The first kappa shape index (κ1) is 19.3. The van der Waals surface area contributed by atoms with Crippen LogP contribution < -0.4 is 29.6 Å². The van der Waals surface area contributed by atoms with E-state index < -0.39 is 29.8 Å². The van der Waals surface area contributed by atoms with Crippen LogP contribution in [-0.2, 0) is 19.1 Å². The van der Waals surface area contributed by atoms with Crippen LogP contribution in [0.5, 0.6) is 0 Å². The summed E-state index contributed by atoms with van der Waals surface area (Å²) in [5.41, 5.74) is 0.289. The summed E-state index contributed by atoms with van der Waals surface area (Å²) in [5.74, 6) is -3.41. The molecular formula is C15H15NNaO6+. The zero-order chi connectivity index (χ0) is 16.3. The van der Waals surface area contributed by atoms with Crippen molar-refractivity contribution < 1.29 is 58.2 Å². The van der Waals surface area contributed by atoms with Gasteiger partial charge in [0, 0.05) is 0 Å². The number of amides is 2. The van der Waals surface area contributed by atoms with Crippen LogP contribution in [0.25, 0.3) is 0 Å². The number of carbonyl (C=O) groups excluding carboxylic acids is 4. The van der Waals surface area contributed by atoms with Crippen LogP contribution in [0.15, 0.2) is 24.3 Å². The van der Waals surface area contributed by atoms with Crippen LogP contribution in [-0.4, -0.2) is 47.9 Å². The van der Waals surface area contributed by atoms with Gasteiger partial charge in [-0.05, 0) is 26.0 Å². The van der Waals surface area contributed by atoms with Crippen molar-refractivity contribution >= 4 is 23.8 Å². The number of rotatable bonds is 5. The van der Waals surface area contributed by atoms with Crippen molar-refractivity contribution in [1.82, 2.24) is 4.90 Å². The van der Waals surface area contributed by atoms with Gasteiger partial charge < -0.3 is 9.47 Å². The predicted molar refractivity (Wildman–Crippen MR) is 74.0 cm³/mol. The summed E-state index contributed by atoms with van der Waals surface area (Å²) in [4.78, 5) is 49.3. The van der Waals surface area contributed by atoms with Crippen LogP contribution in [0.2, 0.25) is 0 Å². The Morgan fingerprint density at radius 3 is 1.70 bits per heavy atom. The zero-order valence-electron chi connectivity index (χ0n) is 13.2. The van der Waals surface area contributed by atoms with E-state index in [1.165, 1.54) is 12.1 Å². The number of ether oxygens (including phenoxy) is 2. The summed E-state index contributed by atoms with van der Waals surface area (Å²) in [6.07, 6.45) is 0. The van der Waals surface area contributed by atoms with E-state index in [-0.39, 0.29) is 53.9 Å². The number of benzene rings is 1. The third-order valence-electron chi connectivity index (χ3n) is 3.10. The fraction of sp³-hybridized carbons (Fsp3) is 0.333. The van der Waals surface area contributed by atoms with Crippen LogP contribution in [0.3, 0.4) is 0 Å². The summed E-state index contributed by atoms with van der Waals surface area (Å²) in [5, 5.41) is 0. The number of imide groups is 1. The summed E-state index contributed by atoms with van der Waals surface area (Å²) in [7, 11) is 0. The molecule has 1 aromatic carbocycles. The molecule has 1 aromatic rings. The number of carbonyl (C=O) groups is 4. The third-order valence-corrected chi connectivity index (χ3v) is 3.10. The van der Waals surface area contributed by atoms with E-state index in [0.29, 0.717) is 4.90 Å². The van der Waals surface area contributed by atoms with Gasteiger partial charge in [0.2, 0.25) is 6.04 Å². The van der Waals surface area contributed by atoms with E-state index in [1.54, 1.807) is 26.0 Å². The second-order valence-corrected chi connectivity index (χ2v) is 4.43. The van der Waals surface area contributed by atoms with Crippen molar-refractivity contribution in [2.24, 2.45) is 0 Å². The van der Waals surface area contributed by atoms with Crippen molar-refractivity contribution in [2.75, 3.05) is 13.2 Å². The molecule has 2 amide bonds. The van der Waals surface area contributed by atoms with Crippen molar-refractivity contribution in [2.45, 2.75) is 19.9 Å². The fourth-order valence-corrected chi connectivity index (χ4v) is 2.19. The summed E-state index contributed by atoms with van der Waals surface area (Å²) >= 11 is 0. The molecule has 8 heteroatoms. The molecule has 0 saturated carbocycles. The molecule has 23 heavy (non-hydrogen) atoms. The average Bonchev–Trinajstić information content (AvgIpc) is 2.74. The van der Waals surface area contributed by atoms with Gasteiger partial charge in [0.25, 0.3) is 11.8 Å². The minimum absolute atomic E-state index is 0. The Labute approximate surface area is 155 Å². The molecule has 7 nitrogen and oxygen atoms in total. The monoisotopic (exact) mass is 328 g/mol. The number of fused-ring (bicyclic) bond motifs is 1. The number of hydrogen-bond acceptors (Lipinski definition) is 6. The van der Waals surface area contributed by atoms with Gasteiger partial charge in [0.1, 0.15) is 0 Å². The fourth-order valence-electron chi connectivity index (χ4n) is 2.19. The molecule has 0 spiro atoms. The summed E-state index contributed by atoms with van der Waals surface area (Å²) in [6.45, 7) is 3.14. The van der Waals surface area contributed by atoms with E-state index in [4.69, 9.17) is 9.47 Å². The van der Waals surface area contributed by atoms with Gasteiger partial charge in [-0.25, -0.2) is 14.5 Å². The molecule has 1 heterocycles. The van der Waals surface area contributed by atoms with Crippen LogP contribution in [0.1, 0.15) is 34.6 Å². The Kier molecular flexibility index (Phi) is 6.93. The smallest absolute Gasteiger partial charge is 0.464 e. The Morgan fingerprint density at radius 2 is 1.35 bits per heavy atom. The van der Waals surface area contributed by atoms with Gasteiger partial charge >= 0.3 is 41.5 Å². The first-order valence-electron chi connectivity index (χ1n) is 6.83. The zero-order valence-corrected chi connectivity index (χ0v) is 15.2. The minimum Gasteiger partial charge on any atom is -0.464 e. The molecule has 0 atom stereocenters. The van der Waals surface area contributed by atoms with Gasteiger partial charge in [0.05, 0.1) is 24.3 Å². The second kappa shape index (κ2) is 8.24. The van der Waals surface area contributed by atoms with Crippen LogP contribution in [0, 0.1) is 0 Å². The maximum atomic E-state index is 12.4. The molecule has 0 aliphatic carbocycles. The molecule has 2 rings (SSSR count). The van der Waals surface area contributed by atoms with Crippen LogP contribution in [0.4, 0.5) is 0 Å². The Bertz CT molecular complexity index is 592. The molecule has 0 radical (unpaired) electrons. The van der Waals surface area contributed by atoms with Crippen molar-refractivity contribution in [3.63, 3.8) is 0 Å². The van der Waals surface area contributed by atoms with Crippen molar-refractivity contribution in [3.8, 4) is 0 Å². The van der Waals surface area contributed by atoms with Crippen molar-refractivity contribution in [1.29, 1.82) is 0 Å². The molecule has 1 aliphatic rings. The maximum Gasteiger partial charge on any atom is 1.00 e. The average molecular weight is 328 g/mol. The molecule has 0 bridgehead atoms. The molecule has 0 saturated heterocycles. The van der Waals surface area contributed by atoms with Gasteiger partial charge in [-0.2, -0.15) is 0 Å². The van der Waals surface area contributed by atoms with Gasteiger partial charge in [0.15, 0.2) is 0 Å². The van der Waals surface area contributed by atoms with E-state index in [0.717, 1.165) is 0 Å². The Hall–Kier alpha value is -1.70. The standard InChI is InChI=1S/C15H15NO6.Na/c1-3-21-14(19)11(15(20)22-4-2)16-12(17)9-7-5-6-8-10(9)13(16)18;/h5-8,11H,3-4H2,1-2H3;/q;+1. The second-order valence-electron chi connectivity index (χ2n) is 4.43. The summed E-state index contributed by atoms with van der Waals surface area (Å²) in [6, 6.07) is 4.38. The summed E-state index contributed by atoms with van der Waals surface area (Å²) < 4.78 is 9.59. The van der Waals surface area contributed by atoms with Gasteiger partial charge in [-0.3, -0.25) is 9.59 Å².